The summed E-state index contributed by atoms with van der Waals surface area (Å²) in [7, 11) is 1.28. The fraction of sp³-hybridized carbons (Fsp3) is 0.800. The van der Waals surface area contributed by atoms with Crippen molar-refractivity contribution in [2.75, 3.05) is 13.7 Å². The Labute approximate surface area is 130 Å². The van der Waals surface area contributed by atoms with Crippen LogP contribution in [0.15, 0.2) is 0 Å². The van der Waals surface area contributed by atoms with Crippen LogP contribution in [-0.2, 0) is 14.3 Å². The molecule has 0 bridgehead atoms. The van der Waals surface area contributed by atoms with Gasteiger partial charge < -0.3 is 20.7 Å². The van der Waals surface area contributed by atoms with E-state index in [2.05, 4.69) is 10.1 Å². The lowest BCUT2D eigenvalue weighted by Gasteiger charge is -2.33. The Morgan fingerprint density at radius 1 is 1.14 bits per heavy atom. The van der Waals surface area contributed by atoms with Crippen molar-refractivity contribution in [2.45, 2.75) is 57.0 Å². The lowest BCUT2D eigenvalue weighted by Crippen LogP contribution is -2.55. The molecule has 7 nitrogen and oxygen atoms in total. The highest BCUT2D eigenvalue weighted by Crippen LogP contribution is 2.29. The van der Waals surface area contributed by atoms with Crippen LogP contribution in [0.4, 0.5) is 4.79 Å². The van der Waals surface area contributed by atoms with Crippen LogP contribution in [0, 0.1) is 5.92 Å². The maximum absolute atomic E-state index is 12.9. The number of nitrogens with zero attached hydrogens (tertiary/aromatic N) is 1. The summed E-state index contributed by atoms with van der Waals surface area (Å²) in [4.78, 5) is 37.5. The molecule has 0 aromatic rings. The van der Waals surface area contributed by atoms with E-state index in [9.17, 15) is 14.4 Å². The largest absolute Gasteiger partial charge is 0.453 e. The van der Waals surface area contributed by atoms with Gasteiger partial charge in [-0.25, -0.2) is 4.79 Å². The van der Waals surface area contributed by atoms with Crippen molar-refractivity contribution >= 4 is 17.9 Å². The molecule has 2 rings (SSSR count). The number of nitrogens with one attached hydrogen (secondary N) is 1. The van der Waals surface area contributed by atoms with Gasteiger partial charge in [0, 0.05) is 6.54 Å². The van der Waals surface area contributed by atoms with Crippen LogP contribution in [-0.4, -0.2) is 48.5 Å². The Kier molecular flexibility index (Phi) is 5.63. The van der Waals surface area contributed by atoms with Crippen LogP contribution in [0.1, 0.15) is 44.9 Å². The molecule has 3 N–H and O–H groups in total. The van der Waals surface area contributed by atoms with Crippen molar-refractivity contribution in [3.63, 3.8) is 0 Å². The van der Waals surface area contributed by atoms with Gasteiger partial charge in [-0.2, -0.15) is 0 Å². The Hall–Kier alpha value is -1.79. The molecule has 1 heterocycles. The first kappa shape index (κ1) is 16.6. The number of ether oxygens (including phenoxy) is 1. The Bertz CT molecular complexity index is 435. The van der Waals surface area contributed by atoms with Crippen LogP contribution in [0.3, 0.4) is 0 Å². The van der Waals surface area contributed by atoms with Gasteiger partial charge in [-0.15, -0.1) is 0 Å². The molecule has 0 aromatic carbocycles. The summed E-state index contributed by atoms with van der Waals surface area (Å²) in [5.74, 6) is -0.598. The zero-order valence-corrected chi connectivity index (χ0v) is 13.0. The zero-order chi connectivity index (χ0) is 16.1. The smallest absolute Gasteiger partial charge is 0.407 e. The molecule has 2 fully saturated rings. The number of carbonyl (C=O) groups excluding carboxylic acids is 3. The lowest BCUT2D eigenvalue weighted by molar-refractivity contribution is -0.140. The highest BCUT2D eigenvalue weighted by Gasteiger charge is 2.40. The van der Waals surface area contributed by atoms with Gasteiger partial charge in [-0.3, -0.25) is 9.59 Å². The Balaban J connectivity index is 2.13. The third kappa shape index (κ3) is 3.69. The van der Waals surface area contributed by atoms with E-state index in [0.29, 0.717) is 13.0 Å². The summed E-state index contributed by atoms with van der Waals surface area (Å²) in [5.41, 5.74) is 5.39. The summed E-state index contributed by atoms with van der Waals surface area (Å²) < 4.78 is 4.65. The van der Waals surface area contributed by atoms with Gasteiger partial charge in [0.05, 0.1) is 7.11 Å². The number of alkyl carbamates (subject to hydrolysis) is 1. The molecule has 22 heavy (non-hydrogen) atoms. The van der Waals surface area contributed by atoms with E-state index in [-0.39, 0.29) is 11.8 Å². The summed E-state index contributed by atoms with van der Waals surface area (Å²) in [6.45, 7) is 0.512. The molecular formula is C15H25N3O4. The standard InChI is InChI=1S/C15H25N3O4/c1-22-15(21)17-12(10-6-3-2-4-7-10)14(20)18-9-5-8-11(18)13(16)19/h10-12H,2-9H2,1H3,(H2,16,19)(H,17,21)/t11?,12-/m1/s1. The summed E-state index contributed by atoms with van der Waals surface area (Å²) >= 11 is 0. The fourth-order valence-electron chi connectivity index (χ4n) is 3.54. The van der Waals surface area contributed by atoms with Crippen molar-refractivity contribution in [3.8, 4) is 0 Å². The minimum atomic E-state index is -0.632. The molecule has 0 aromatic heterocycles. The zero-order valence-electron chi connectivity index (χ0n) is 13.0. The van der Waals surface area contributed by atoms with Gasteiger partial charge >= 0.3 is 6.09 Å². The summed E-state index contributed by atoms with van der Waals surface area (Å²) in [6, 6.07) is -1.19. The molecule has 0 spiro atoms. The molecule has 7 heteroatoms. The first-order valence-corrected chi connectivity index (χ1v) is 7.99. The summed E-state index contributed by atoms with van der Waals surface area (Å²) in [5, 5.41) is 2.67. The number of primary amides is 1. The molecule has 1 saturated heterocycles. The van der Waals surface area contributed by atoms with Crippen molar-refractivity contribution in [3.05, 3.63) is 0 Å². The Morgan fingerprint density at radius 2 is 1.82 bits per heavy atom. The molecular weight excluding hydrogens is 286 g/mol. The van der Waals surface area contributed by atoms with Crippen molar-refractivity contribution in [1.82, 2.24) is 10.2 Å². The van der Waals surface area contributed by atoms with Gasteiger partial charge in [-0.05, 0) is 31.6 Å². The van der Waals surface area contributed by atoms with Crippen molar-refractivity contribution < 1.29 is 19.1 Å². The second kappa shape index (κ2) is 7.47. The number of methoxy groups -OCH3 is 1. The van der Waals surface area contributed by atoms with E-state index in [1.54, 1.807) is 0 Å². The highest BCUT2D eigenvalue weighted by atomic mass is 16.5. The van der Waals surface area contributed by atoms with Crippen molar-refractivity contribution in [1.29, 1.82) is 0 Å². The van der Waals surface area contributed by atoms with Crippen LogP contribution in [0.5, 0.6) is 0 Å². The minimum absolute atomic E-state index is 0.0921. The third-order valence-electron chi connectivity index (χ3n) is 4.71. The maximum Gasteiger partial charge on any atom is 0.407 e. The van der Waals surface area contributed by atoms with Crippen LogP contribution in [0.2, 0.25) is 0 Å². The number of nitrogens with two attached hydrogens (primary N) is 1. The molecule has 2 aliphatic rings. The fourth-order valence-corrected chi connectivity index (χ4v) is 3.54. The number of rotatable bonds is 4. The van der Waals surface area contributed by atoms with Crippen LogP contribution in [0.25, 0.3) is 0 Å². The first-order chi connectivity index (χ1) is 10.5. The third-order valence-corrected chi connectivity index (χ3v) is 4.71. The predicted molar refractivity (Wildman–Crippen MR) is 79.8 cm³/mol. The average molecular weight is 311 g/mol. The van der Waals surface area contributed by atoms with Crippen molar-refractivity contribution in [2.24, 2.45) is 11.7 Å². The number of likely N-dealkylation sites (tertiary alicyclic amines) is 1. The van der Waals surface area contributed by atoms with E-state index >= 15 is 0 Å². The number of hydrogen-bond donors (Lipinski definition) is 2. The second-order valence-electron chi connectivity index (χ2n) is 6.10. The topological polar surface area (TPSA) is 102 Å². The van der Waals surface area contributed by atoms with Gasteiger partial charge in [0.1, 0.15) is 12.1 Å². The van der Waals surface area contributed by atoms with E-state index in [4.69, 9.17) is 5.73 Å². The van der Waals surface area contributed by atoms with E-state index < -0.39 is 24.1 Å². The number of carbonyl (C=O) groups is 3. The molecule has 2 atom stereocenters. The highest BCUT2D eigenvalue weighted by molar-refractivity contribution is 5.91. The second-order valence-corrected chi connectivity index (χ2v) is 6.10. The maximum atomic E-state index is 12.9. The van der Waals surface area contributed by atoms with E-state index in [0.717, 1.165) is 38.5 Å². The van der Waals surface area contributed by atoms with E-state index in [1.807, 2.05) is 0 Å². The first-order valence-electron chi connectivity index (χ1n) is 7.99. The quantitative estimate of drug-likeness (QED) is 0.800. The Morgan fingerprint density at radius 3 is 2.41 bits per heavy atom. The van der Waals surface area contributed by atoms with Gasteiger partial charge in [-0.1, -0.05) is 19.3 Å². The molecule has 3 amide bonds. The predicted octanol–water partition coefficient (Wildman–Crippen LogP) is 0.768. The van der Waals surface area contributed by atoms with Gasteiger partial charge in [0.2, 0.25) is 11.8 Å². The average Bonchev–Trinajstić information content (AvgIpc) is 3.02. The van der Waals surface area contributed by atoms with Gasteiger partial charge in [0.25, 0.3) is 0 Å². The van der Waals surface area contributed by atoms with Crippen LogP contribution < -0.4 is 11.1 Å². The number of amides is 3. The van der Waals surface area contributed by atoms with Gasteiger partial charge in [0.15, 0.2) is 0 Å². The molecule has 1 saturated carbocycles. The molecule has 1 aliphatic carbocycles. The summed E-state index contributed by atoms with van der Waals surface area (Å²) in [6.07, 6.45) is 5.80. The van der Waals surface area contributed by atoms with Crippen LogP contribution >= 0.6 is 0 Å². The molecule has 124 valence electrons. The monoisotopic (exact) mass is 311 g/mol. The minimum Gasteiger partial charge on any atom is -0.453 e. The normalized spacial score (nSPS) is 23.9. The molecule has 1 aliphatic heterocycles. The SMILES string of the molecule is COC(=O)N[C@@H](C(=O)N1CCCC1C(N)=O)C1CCCCC1. The number of hydrogen-bond acceptors (Lipinski definition) is 4. The lowest BCUT2D eigenvalue weighted by atomic mass is 9.83. The molecule has 0 radical (unpaired) electrons. The van der Waals surface area contributed by atoms with E-state index in [1.165, 1.54) is 12.0 Å². The molecule has 1 unspecified atom stereocenters.